The van der Waals surface area contributed by atoms with Crippen LogP contribution in [-0.2, 0) is 16.0 Å². The molecule has 0 aliphatic heterocycles. The van der Waals surface area contributed by atoms with Gasteiger partial charge in [0.25, 0.3) is 0 Å². The fourth-order valence-electron chi connectivity index (χ4n) is 2.15. The standard InChI is InChI=1S/C11H9F3O2S/c12-11(13,14)7-1-3-9(4-2-7)17(15,16)10-5-8(10)6-10/h1-4,8H,5-6H2. The third-order valence-electron chi connectivity index (χ3n) is 3.63. The second kappa shape index (κ2) is 2.85. The second-order valence-corrected chi connectivity index (χ2v) is 6.99. The number of fused-ring (bicyclic) bond motifs is 1. The maximum Gasteiger partial charge on any atom is 0.416 e. The Labute approximate surface area is 96.4 Å². The van der Waals surface area contributed by atoms with Crippen LogP contribution < -0.4 is 0 Å². The van der Waals surface area contributed by atoms with Gasteiger partial charge in [-0.2, -0.15) is 13.2 Å². The van der Waals surface area contributed by atoms with Gasteiger partial charge in [0.15, 0.2) is 9.84 Å². The minimum absolute atomic E-state index is 0.00509. The summed E-state index contributed by atoms with van der Waals surface area (Å²) in [6.07, 6.45) is -3.10. The Balaban J connectivity index is 1.96. The van der Waals surface area contributed by atoms with E-state index in [1.54, 1.807) is 0 Å². The second-order valence-electron chi connectivity index (χ2n) is 4.70. The van der Waals surface area contributed by atoms with E-state index in [0.717, 1.165) is 24.3 Å². The van der Waals surface area contributed by atoms with Crippen molar-refractivity contribution < 1.29 is 21.6 Å². The number of hydrogen-bond acceptors (Lipinski definition) is 2. The number of alkyl halides is 3. The molecule has 6 heteroatoms. The molecule has 1 aromatic rings. The molecular formula is C11H9F3O2S. The summed E-state index contributed by atoms with van der Waals surface area (Å²) in [4.78, 5) is 0.00509. The quantitative estimate of drug-likeness (QED) is 0.821. The van der Waals surface area contributed by atoms with Gasteiger partial charge in [0.1, 0.15) is 0 Å². The first-order valence-electron chi connectivity index (χ1n) is 5.19. The zero-order chi connectivity index (χ0) is 12.5. The Kier molecular flexibility index (Phi) is 1.86. The van der Waals surface area contributed by atoms with E-state index < -0.39 is 26.3 Å². The first-order chi connectivity index (χ1) is 7.77. The molecule has 2 saturated carbocycles. The van der Waals surface area contributed by atoms with Crippen LogP contribution in [0.2, 0.25) is 0 Å². The zero-order valence-corrected chi connectivity index (χ0v) is 9.48. The fraction of sp³-hybridized carbons (Fsp3) is 0.455. The van der Waals surface area contributed by atoms with E-state index in [2.05, 4.69) is 0 Å². The van der Waals surface area contributed by atoms with Crippen LogP contribution in [0.25, 0.3) is 0 Å². The largest absolute Gasteiger partial charge is 0.416 e. The summed E-state index contributed by atoms with van der Waals surface area (Å²) in [5.74, 6) is 0.245. The lowest BCUT2D eigenvalue weighted by Crippen LogP contribution is -2.14. The minimum atomic E-state index is -4.43. The molecule has 0 unspecified atom stereocenters. The van der Waals surface area contributed by atoms with Crippen molar-refractivity contribution in [1.29, 1.82) is 0 Å². The van der Waals surface area contributed by atoms with Gasteiger partial charge in [0.2, 0.25) is 0 Å². The minimum Gasteiger partial charge on any atom is -0.223 e. The molecule has 0 radical (unpaired) electrons. The third kappa shape index (κ3) is 1.43. The van der Waals surface area contributed by atoms with E-state index in [4.69, 9.17) is 0 Å². The predicted molar refractivity (Wildman–Crippen MR) is 54.1 cm³/mol. The van der Waals surface area contributed by atoms with Gasteiger partial charge in [-0.3, -0.25) is 0 Å². The van der Waals surface area contributed by atoms with Gasteiger partial charge in [-0.1, -0.05) is 0 Å². The highest BCUT2D eigenvalue weighted by atomic mass is 32.2. The number of rotatable bonds is 2. The number of benzene rings is 1. The normalized spacial score (nSPS) is 30.9. The molecule has 0 N–H and O–H groups in total. The van der Waals surface area contributed by atoms with Crippen molar-refractivity contribution in [2.24, 2.45) is 5.92 Å². The van der Waals surface area contributed by atoms with Crippen LogP contribution >= 0.6 is 0 Å². The molecule has 2 aliphatic rings. The fourth-order valence-corrected chi connectivity index (χ4v) is 4.40. The molecule has 0 spiro atoms. The van der Waals surface area contributed by atoms with Crippen molar-refractivity contribution in [3.8, 4) is 0 Å². The first kappa shape index (κ1) is 11.1. The van der Waals surface area contributed by atoms with Crippen LogP contribution in [0.5, 0.6) is 0 Å². The van der Waals surface area contributed by atoms with Gasteiger partial charge in [0.05, 0.1) is 15.2 Å². The Bertz CT molecular complexity index is 566. The Morgan fingerprint density at radius 3 is 1.94 bits per heavy atom. The average Bonchev–Trinajstić information content (AvgIpc) is 3.03. The molecule has 2 nitrogen and oxygen atoms in total. The van der Waals surface area contributed by atoms with Crippen LogP contribution in [0.4, 0.5) is 13.2 Å². The molecule has 2 fully saturated rings. The lowest BCUT2D eigenvalue weighted by Gasteiger charge is -2.09. The van der Waals surface area contributed by atoms with Gasteiger partial charge < -0.3 is 0 Å². The molecule has 0 aromatic heterocycles. The average molecular weight is 262 g/mol. The predicted octanol–water partition coefficient (Wildman–Crippen LogP) is 2.64. The molecule has 0 saturated heterocycles. The van der Waals surface area contributed by atoms with Crippen LogP contribution in [0, 0.1) is 5.92 Å². The summed E-state index contributed by atoms with van der Waals surface area (Å²) in [5.41, 5.74) is -0.822. The topological polar surface area (TPSA) is 34.1 Å². The SMILES string of the molecule is O=S(=O)(c1ccc(C(F)(F)F)cc1)C12CC1C2. The van der Waals surface area contributed by atoms with Crippen molar-refractivity contribution in [2.45, 2.75) is 28.7 Å². The van der Waals surface area contributed by atoms with Crippen LogP contribution in [0.15, 0.2) is 29.2 Å². The molecule has 0 heterocycles. The molecule has 0 amide bonds. The van der Waals surface area contributed by atoms with Gasteiger partial charge in [-0.05, 0) is 43.0 Å². The molecule has 1 aromatic carbocycles. The third-order valence-corrected chi connectivity index (χ3v) is 6.26. The van der Waals surface area contributed by atoms with Gasteiger partial charge in [-0.25, -0.2) is 8.42 Å². The Hall–Kier alpha value is -1.04. The number of hydrogen-bond donors (Lipinski definition) is 0. The van der Waals surface area contributed by atoms with Crippen molar-refractivity contribution in [3.63, 3.8) is 0 Å². The lowest BCUT2D eigenvalue weighted by molar-refractivity contribution is -0.137. The molecular weight excluding hydrogens is 253 g/mol. The zero-order valence-electron chi connectivity index (χ0n) is 8.66. The van der Waals surface area contributed by atoms with Gasteiger partial charge >= 0.3 is 6.18 Å². The van der Waals surface area contributed by atoms with Gasteiger partial charge in [-0.15, -0.1) is 0 Å². The highest BCUT2D eigenvalue weighted by Gasteiger charge is 2.77. The van der Waals surface area contributed by atoms with Crippen LogP contribution in [0.3, 0.4) is 0 Å². The van der Waals surface area contributed by atoms with E-state index in [1.807, 2.05) is 0 Å². The Morgan fingerprint density at radius 1 is 1.12 bits per heavy atom. The van der Waals surface area contributed by atoms with E-state index in [9.17, 15) is 21.6 Å². The van der Waals surface area contributed by atoms with Crippen molar-refractivity contribution in [2.75, 3.05) is 0 Å². The molecule has 3 rings (SSSR count). The van der Waals surface area contributed by atoms with Crippen molar-refractivity contribution >= 4 is 9.84 Å². The van der Waals surface area contributed by atoms with E-state index in [-0.39, 0.29) is 10.8 Å². The first-order valence-corrected chi connectivity index (χ1v) is 6.68. The maximum absolute atomic E-state index is 12.3. The van der Waals surface area contributed by atoms with E-state index in [1.165, 1.54) is 0 Å². The molecule has 2 aliphatic carbocycles. The Morgan fingerprint density at radius 2 is 1.59 bits per heavy atom. The molecule has 0 bridgehead atoms. The number of sulfone groups is 1. The lowest BCUT2D eigenvalue weighted by atomic mass is 10.2. The monoisotopic (exact) mass is 262 g/mol. The van der Waals surface area contributed by atoms with Crippen molar-refractivity contribution in [1.82, 2.24) is 0 Å². The highest BCUT2D eigenvalue weighted by molar-refractivity contribution is 7.93. The highest BCUT2D eigenvalue weighted by Crippen LogP contribution is 2.73. The van der Waals surface area contributed by atoms with Crippen LogP contribution in [-0.4, -0.2) is 13.2 Å². The molecule has 0 atom stereocenters. The summed E-state index contributed by atoms with van der Waals surface area (Å²) in [6, 6.07) is 3.76. The van der Waals surface area contributed by atoms with E-state index in [0.29, 0.717) is 12.8 Å². The van der Waals surface area contributed by atoms with E-state index >= 15 is 0 Å². The summed E-state index contributed by atoms with van der Waals surface area (Å²) in [5, 5.41) is 0. The molecule has 92 valence electrons. The maximum atomic E-state index is 12.3. The number of halogens is 3. The van der Waals surface area contributed by atoms with Gasteiger partial charge in [0, 0.05) is 0 Å². The van der Waals surface area contributed by atoms with Crippen molar-refractivity contribution in [3.05, 3.63) is 29.8 Å². The molecule has 17 heavy (non-hydrogen) atoms. The summed E-state index contributed by atoms with van der Waals surface area (Å²) in [6.45, 7) is 0. The smallest absolute Gasteiger partial charge is 0.223 e. The summed E-state index contributed by atoms with van der Waals surface area (Å²) >= 11 is 0. The summed E-state index contributed by atoms with van der Waals surface area (Å²) < 4.78 is 60.4. The summed E-state index contributed by atoms with van der Waals surface area (Å²) in [7, 11) is -3.42. The van der Waals surface area contributed by atoms with Crippen LogP contribution in [0.1, 0.15) is 18.4 Å².